The highest BCUT2D eigenvalue weighted by atomic mass is 16.2. The third kappa shape index (κ3) is 9.60. The van der Waals surface area contributed by atoms with Gasteiger partial charge in [0.1, 0.15) is 6.04 Å². The lowest BCUT2D eigenvalue weighted by atomic mass is 9.94. The maximum atomic E-state index is 14.0. The van der Waals surface area contributed by atoms with Gasteiger partial charge in [0.15, 0.2) is 0 Å². The third-order valence-electron chi connectivity index (χ3n) is 12.3. The first-order valence-corrected chi connectivity index (χ1v) is 21.1. The number of nitrogens with zero attached hydrogens (tertiary/aromatic N) is 3. The van der Waals surface area contributed by atoms with Gasteiger partial charge in [0, 0.05) is 74.7 Å². The first-order valence-electron chi connectivity index (χ1n) is 21.1. The van der Waals surface area contributed by atoms with Crippen molar-refractivity contribution in [1.82, 2.24) is 30.7 Å². The highest BCUT2D eigenvalue weighted by Crippen LogP contribution is 2.42. The topological polar surface area (TPSA) is 148 Å². The third-order valence-corrected chi connectivity index (χ3v) is 12.3. The molecule has 2 heterocycles. The average molecular weight is 789 g/mol. The molecule has 306 valence electrons. The summed E-state index contributed by atoms with van der Waals surface area (Å²) in [5.41, 5.74) is 3.03. The maximum absolute atomic E-state index is 14.0. The van der Waals surface area contributed by atoms with E-state index in [1.54, 1.807) is 34.1 Å². The number of benzene rings is 3. The van der Waals surface area contributed by atoms with Gasteiger partial charge in [-0.25, -0.2) is 0 Å². The second-order valence-corrected chi connectivity index (χ2v) is 16.4. The molecule has 4 aliphatic rings. The molecule has 7 rings (SSSR count). The van der Waals surface area contributed by atoms with Crippen molar-refractivity contribution in [2.75, 3.05) is 39.3 Å². The van der Waals surface area contributed by atoms with Crippen LogP contribution in [0.4, 0.5) is 0 Å². The van der Waals surface area contributed by atoms with Crippen LogP contribution in [0.25, 0.3) is 0 Å². The quantitative estimate of drug-likeness (QED) is 0.194. The number of rotatable bonds is 15. The van der Waals surface area contributed by atoms with Gasteiger partial charge in [0.05, 0.1) is 18.4 Å². The average Bonchev–Trinajstić information content (AvgIpc) is 4.16. The van der Waals surface area contributed by atoms with Gasteiger partial charge in [-0.15, -0.1) is 0 Å². The van der Waals surface area contributed by atoms with Crippen LogP contribution in [-0.2, 0) is 19.2 Å². The molecule has 2 saturated carbocycles. The molecule has 2 saturated heterocycles. The first kappa shape index (κ1) is 40.7. The van der Waals surface area contributed by atoms with Crippen LogP contribution in [0.5, 0.6) is 0 Å². The van der Waals surface area contributed by atoms with Gasteiger partial charge < -0.3 is 30.7 Å². The van der Waals surface area contributed by atoms with Gasteiger partial charge in [0.25, 0.3) is 11.8 Å². The monoisotopic (exact) mass is 788 g/mol. The van der Waals surface area contributed by atoms with E-state index in [1.807, 2.05) is 36.4 Å². The maximum Gasteiger partial charge on any atom is 0.253 e. The van der Waals surface area contributed by atoms with E-state index < -0.39 is 17.9 Å². The van der Waals surface area contributed by atoms with E-state index in [-0.39, 0.29) is 92.1 Å². The number of carbonyl (C=O) groups excluding carboxylic acids is 6. The van der Waals surface area contributed by atoms with Crippen LogP contribution in [-0.4, -0.2) is 108 Å². The van der Waals surface area contributed by atoms with Crippen LogP contribution < -0.4 is 16.0 Å². The molecular formula is C46H56N6O6. The highest BCUT2D eigenvalue weighted by Gasteiger charge is 2.49. The Morgan fingerprint density at radius 3 is 1.59 bits per heavy atom. The molecule has 58 heavy (non-hydrogen) atoms. The van der Waals surface area contributed by atoms with Crippen molar-refractivity contribution in [3.63, 3.8) is 0 Å². The Morgan fingerprint density at radius 2 is 1.09 bits per heavy atom. The summed E-state index contributed by atoms with van der Waals surface area (Å²) in [5, 5.41) is 9.31. The Morgan fingerprint density at radius 1 is 0.586 bits per heavy atom. The van der Waals surface area contributed by atoms with Crippen molar-refractivity contribution in [2.24, 2.45) is 11.8 Å². The number of amides is 6. The zero-order valence-corrected chi connectivity index (χ0v) is 33.6. The van der Waals surface area contributed by atoms with Gasteiger partial charge in [-0.3, -0.25) is 28.8 Å². The zero-order chi connectivity index (χ0) is 40.8. The Kier molecular flexibility index (Phi) is 12.9. The lowest BCUT2D eigenvalue weighted by Crippen LogP contribution is -2.61. The number of piperazine rings is 1. The van der Waals surface area contributed by atoms with Crippen LogP contribution in [0.1, 0.15) is 102 Å². The van der Waals surface area contributed by atoms with Crippen molar-refractivity contribution >= 4 is 35.4 Å². The Labute approximate surface area is 341 Å². The van der Waals surface area contributed by atoms with E-state index in [4.69, 9.17) is 0 Å². The van der Waals surface area contributed by atoms with Crippen molar-refractivity contribution < 1.29 is 28.8 Å². The largest absolute Gasteiger partial charge is 0.354 e. The summed E-state index contributed by atoms with van der Waals surface area (Å²) < 4.78 is 0. The summed E-state index contributed by atoms with van der Waals surface area (Å²) in [6.45, 7) is 4.90. The molecule has 3 aromatic rings. The van der Waals surface area contributed by atoms with Gasteiger partial charge in [-0.05, 0) is 54.7 Å². The molecule has 0 bridgehead atoms. The Balaban J connectivity index is 0.985. The molecule has 0 unspecified atom stereocenters. The van der Waals surface area contributed by atoms with E-state index in [2.05, 4.69) is 47.1 Å². The number of hydrogen-bond acceptors (Lipinski definition) is 6. The summed E-state index contributed by atoms with van der Waals surface area (Å²) in [5.74, 6) is -2.52. The Bertz CT molecular complexity index is 1880. The van der Waals surface area contributed by atoms with Crippen LogP contribution >= 0.6 is 0 Å². The number of likely N-dealkylation sites (tertiary alicyclic amines) is 1. The van der Waals surface area contributed by atoms with Crippen LogP contribution in [0.2, 0.25) is 0 Å². The summed E-state index contributed by atoms with van der Waals surface area (Å²) in [4.78, 5) is 85.7. The number of carbonyl (C=O) groups is 6. The molecule has 12 nitrogen and oxygen atoms in total. The fraction of sp³-hybridized carbons (Fsp3) is 0.478. The predicted molar refractivity (Wildman–Crippen MR) is 220 cm³/mol. The molecule has 12 heteroatoms. The molecule has 0 aromatic heterocycles. The molecular weight excluding hydrogens is 733 g/mol. The Hall–Kier alpha value is -5.52. The summed E-state index contributed by atoms with van der Waals surface area (Å²) >= 11 is 0. The molecule has 6 amide bonds. The van der Waals surface area contributed by atoms with Gasteiger partial charge in [-0.1, -0.05) is 93.3 Å². The summed E-state index contributed by atoms with van der Waals surface area (Å²) in [6, 6.07) is 25.7. The second kappa shape index (κ2) is 18.4. The fourth-order valence-corrected chi connectivity index (χ4v) is 8.67. The number of unbranched alkanes of at least 4 members (excludes halogenated alkanes) is 4. The van der Waals surface area contributed by atoms with Gasteiger partial charge in [-0.2, -0.15) is 0 Å². The first-order chi connectivity index (χ1) is 28.1. The molecule has 0 spiro atoms. The molecule has 3 N–H and O–H groups in total. The second-order valence-electron chi connectivity index (χ2n) is 16.4. The molecule has 2 aliphatic carbocycles. The fourth-order valence-electron chi connectivity index (χ4n) is 8.67. The van der Waals surface area contributed by atoms with E-state index in [9.17, 15) is 28.8 Å². The standard InChI is InChI=1S/C46H56N6O6/c1-3-4-5-6-13-22-47-44(56)41-29-50(23-24-52(41)30(2)53)45(57)33-18-20-34(21-19-33)46(58)51-27-37(42(54)48-39-25-35(39)31-14-9-7-10-15-31)38(28-51)43(55)49-40-26-36(40)32-16-11-8-12-17-32/h7-12,14-21,35-41H,3-6,13,22-29H2,1-2H3,(H,47,56)(H,48,54)(H,49,55)/t35-,36-,37-,38-,39+,40+,41+/m1/s1. The molecule has 0 radical (unpaired) electrons. The zero-order valence-electron chi connectivity index (χ0n) is 33.6. The molecule has 3 aromatic carbocycles. The lowest BCUT2D eigenvalue weighted by Gasteiger charge is -2.40. The van der Waals surface area contributed by atoms with Crippen molar-refractivity contribution in [3.8, 4) is 0 Å². The number of hydrogen-bond donors (Lipinski definition) is 3. The van der Waals surface area contributed by atoms with E-state index in [0.717, 1.165) is 44.9 Å². The molecule has 4 fully saturated rings. The minimum absolute atomic E-state index is 0.0187. The van der Waals surface area contributed by atoms with Crippen LogP contribution in [0.3, 0.4) is 0 Å². The number of nitrogens with one attached hydrogen (secondary N) is 3. The van der Waals surface area contributed by atoms with E-state index >= 15 is 0 Å². The van der Waals surface area contributed by atoms with Gasteiger partial charge in [0.2, 0.25) is 23.6 Å². The van der Waals surface area contributed by atoms with Crippen molar-refractivity contribution in [1.29, 1.82) is 0 Å². The SMILES string of the molecule is CCCCCCCNC(=O)[C@@H]1CN(C(=O)c2ccc(C(=O)N3C[C@@H](C(=O)N[C@H]4C[C@@H]4c4ccccc4)[C@H](C(=O)N[C@H]4C[C@@H]4c4ccccc4)C3)cc2)CCN1C(C)=O. The predicted octanol–water partition coefficient (Wildman–Crippen LogP) is 4.48. The minimum Gasteiger partial charge on any atom is -0.354 e. The van der Waals surface area contributed by atoms with Crippen molar-refractivity contribution in [2.45, 2.75) is 88.8 Å². The highest BCUT2D eigenvalue weighted by molar-refractivity contribution is 5.99. The minimum atomic E-state index is -0.787. The van der Waals surface area contributed by atoms with Crippen molar-refractivity contribution in [3.05, 3.63) is 107 Å². The molecule has 2 aliphatic heterocycles. The van der Waals surface area contributed by atoms with Gasteiger partial charge >= 0.3 is 0 Å². The smallest absolute Gasteiger partial charge is 0.253 e. The normalized spacial score (nSPS) is 24.8. The van der Waals surface area contributed by atoms with E-state index in [1.165, 1.54) is 23.0 Å². The summed E-state index contributed by atoms with van der Waals surface area (Å²) in [6.07, 6.45) is 6.94. The summed E-state index contributed by atoms with van der Waals surface area (Å²) in [7, 11) is 0. The van der Waals surface area contributed by atoms with Crippen LogP contribution in [0.15, 0.2) is 84.9 Å². The van der Waals surface area contributed by atoms with E-state index in [0.29, 0.717) is 17.7 Å². The van der Waals surface area contributed by atoms with Crippen LogP contribution in [0, 0.1) is 11.8 Å². The molecule has 7 atom stereocenters. The lowest BCUT2D eigenvalue weighted by molar-refractivity contribution is -0.141.